The number of hydrogen-bond acceptors (Lipinski definition) is 7. The summed E-state index contributed by atoms with van der Waals surface area (Å²) in [5.41, 5.74) is 1.72. The number of likely N-dealkylation sites (N-methyl/N-ethyl adjacent to an activating group) is 1. The fourth-order valence-electron chi connectivity index (χ4n) is 4.06. The van der Waals surface area contributed by atoms with E-state index in [0.717, 1.165) is 6.26 Å². The lowest BCUT2D eigenvalue weighted by molar-refractivity contribution is -0.116. The molecule has 2 amide bonds. The predicted molar refractivity (Wildman–Crippen MR) is 142 cm³/mol. The van der Waals surface area contributed by atoms with Crippen LogP contribution in [0.25, 0.3) is 0 Å². The summed E-state index contributed by atoms with van der Waals surface area (Å²) in [7, 11) is 1.55. The molecule has 0 spiro atoms. The number of nitrogens with one attached hydrogen (secondary N) is 1. The van der Waals surface area contributed by atoms with E-state index in [-0.39, 0.29) is 42.7 Å². The molecule has 12 heteroatoms. The summed E-state index contributed by atoms with van der Waals surface area (Å²) >= 11 is 6.43. The molecule has 0 saturated carbocycles. The highest BCUT2D eigenvalue weighted by Crippen LogP contribution is 2.40. The van der Waals surface area contributed by atoms with Crippen molar-refractivity contribution >= 4 is 51.3 Å². The first kappa shape index (κ1) is 29.7. The summed E-state index contributed by atoms with van der Waals surface area (Å²) < 4.78 is 35.8. The third-order valence-corrected chi connectivity index (χ3v) is 6.78. The van der Waals surface area contributed by atoms with Crippen LogP contribution in [0.4, 0.5) is 5.69 Å². The molecule has 0 saturated heterocycles. The number of fused-ring (bicyclic) bond motifs is 1. The number of nitrogens with zero attached hydrogens (tertiary/aromatic N) is 2. The van der Waals surface area contributed by atoms with Gasteiger partial charge >= 0.3 is 0 Å². The van der Waals surface area contributed by atoms with Crippen LogP contribution in [-0.4, -0.2) is 76.4 Å². The molecule has 0 aliphatic carbocycles. The van der Waals surface area contributed by atoms with E-state index in [1.54, 1.807) is 49.3 Å². The number of anilines is 1. The van der Waals surface area contributed by atoms with Gasteiger partial charge in [0.25, 0.3) is 5.91 Å². The van der Waals surface area contributed by atoms with E-state index in [2.05, 4.69) is 5.32 Å². The summed E-state index contributed by atoms with van der Waals surface area (Å²) in [6.07, 6.45) is 1.13. The van der Waals surface area contributed by atoms with E-state index in [1.165, 1.54) is 12.0 Å². The molecule has 1 atom stereocenters. The van der Waals surface area contributed by atoms with Gasteiger partial charge in [0.05, 0.1) is 43.3 Å². The number of sulfone groups is 1. The Bertz CT molecular complexity index is 1240. The summed E-state index contributed by atoms with van der Waals surface area (Å²) in [5.74, 6) is -0.0477. The van der Waals surface area contributed by atoms with Crippen LogP contribution in [0.1, 0.15) is 34.5 Å². The molecule has 1 N–H and O–H groups in total. The Balaban J connectivity index is 0.00000456. The van der Waals surface area contributed by atoms with Crippen LogP contribution in [0.15, 0.2) is 30.3 Å². The zero-order chi connectivity index (χ0) is 25.9. The molecule has 0 aromatic heterocycles. The van der Waals surface area contributed by atoms with Crippen molar-refractivity contribution in [3.8, 4) is 11.5 Å². The van der Waals surface area contributed by atoms with Gasteiger partial charge in [-0.15, -0.1) is 12.4 Å². The van der Waals surface area contributed by atoms with Crippen molar-refractivity contribution in [2.45, 2.75) is 19.5 Å². The molecular weight excluding hydrogens is 529 g/mol. The third-order valence-electron chi connectivity index (χ3n) is 5.50. The number of amides is 2. The molecule has 0 unspecified atom stereocenters. The van der Waals surface area contributed by atoms with Gasteiger partial charge < -0.3 is 24.6 Å². The van der Waals surface area contributed by atoms with Crippen molar-refractivity contribution in [2.24, 2.45) is 0 Å². The van der Waals surface area contributed by atoms with E-state index in [0.29, 0.717) is 39.9 Å². The molecule has 2 aromatic carbocycles. The maximum atomic E-state index is 13.7. The second kappa shape index (κ2) is 12.1. The van der Waals surface area contributed by atoms with Crippen molar-refractivity contribution in [3.63, 3.8) is 0 Å². The standard InChI is InChI=1S/C24H30ClN3O6S.ClH/c1-6-34-21-11-15(7-10-20(21)33-4)19(14-35(5,31)32)28-12-16-17(25)8-9-18(23(16)24(28)30)26-22(29)13-27(2)3;/h7-11,19H,6,12-14H2,1-5H3,(H,26,29);1H/t19-;/m1./s1. The first-order valence-corrected chi connectivity index (χ1v) is 13.4. The molecule has 0 fully saturated rings. The quantitative estimate of drug-likeness (QED) is 0.475. The highest BCUT2D eigenvalue weighted by atomic mass is 35.5. The second-order valence-electron chi connectivity index (χ2n) is 8.62. The maximum absolute atomic E-state index is 13.7. The van der Waals surface area contributed by atoms with Crippen LogP contribution in [0.2, 0.25) is 5.02 Å². The van der Waals surface area contributed by atoms with Crippen LogP contribution >= 0.6 is 24.0 Å². The van der Waals surface area contributed by atoms with E-state index in [9.17, 15) is 18.0 Å². The van der Waals surface area contributed by atoms with Gasteiger partial charge in [0.1, 0.15) is 9.84 Å². The molecule has 1 heterocycles. The molecule has 0 bridgehead atoms. The highest BCUT2D eigenvalue weighted by Gasteiger charge is 2.38. The Labute approximate surface area is 223 Å². The van der Waals surface area contributed by atoms with E-state index in [4.69, 9.17) is 21.1 Å². The van der Waals surface area contributed by atoms with Gasteiger partial charge in [-0.2, -0.15) is 0 Å². The number of methoxy groups -OCH3 is 1. The number of halogens is 2. The normalized spacial score (nSPS) is 13.8. The van der Waals surface area contributed by atoms with Crippen molar-refractivity contribution in [2.75, 3.05) is 51.7 Å². The number of ether oxygens (including phenoxy) is 2. The monoisotopic (exact) mass is 559 g/mol. The molecule has 198 valence electrons. The number of hydrogen-bond donors (Lipinski definition) is 1. The SMILES string of the molecule is CCOc1cc([C@@H](CS(C)(=O)=O)N2Cc3c(Cl)ccc(NC(=O)CN(C)C)c3C2=O)ccc1OC.Cl. The number of carbonyl (C=O) groups is 2. The third kappa shape index (κ3) is 6.82. The van der Waals surface area contributed by atoms with Crippen LogP contribution < -0.4 is 14.8 Å². The Morgan fingerprint density at radius 1 is 1.22 bits per heavy atom. The van der Waals surface area contributed by atoms with E-state index >= 15 is 0 Å². The average molecular weight is 561 g/mol. The van der Waals surface area contributed by atoms with Gasteiger partial charge in [-0.3, -0.25) is 9.59 Å². The lowest BCUT2D eigenvalue weighted by Gasteiger charge is -2.28. The Kier molecular flexibility index (Phi) is 10.0. The Morgan fingerprint density at radius 2 is 1.92 bits per heavy atom. The van der Waals surface area contributed by atoms with Crippen LogP contribution in [0.5, 0.6) is 11.5 Å². The largest absolute Gasteiger partial charge is 0.493 e. The maximum Gasteiger partial charge on any atom is 0.257 e. The molecule has 0 radical (unpaired) electrons. The van der Waals surface area contributed by atoms with Gasteiger partial charge in [0, 0.05) is 23.4 Å². The zero-order valence-electron chi connectivity index (χ0n) is 20.8. The molecular formula is C24H31Cl2N3O6S. The van der Waals surface area contributed by atoms with Crippen LogP contribution in [0, 0.1) is 0 Å². The smallest absolute Gasteiger partial charge is 0.257 e. The second-order valence-corrected chi connectivity index (χ2v) is 11.2. The Morgan fingerprint density at radius 3 is 2.50 bits per heavy atom. The highest BCUT2D eigenvalue weighted by molar-refractivity contribution is 7.90. The summed E-state index contributed by atoms with van der Waals surface area (Å²) in [4.78, 5) is 29.2. The molecule has 36 heavy (non-hydrogen) atoms. The summed E-state index contributed by atoms with van der Waals surface area (Å²) in [5, 5.41) is 3.14. The van der Waals surface area contributed by atoms with Crippen LogP contribution in [0.3, 0.4) is 0 Å². The lowest BCUT2D eigenvalue weighted by Crippen LogP contribution is -2.34. The first-order chi connectivity index (χ1) is 16.4. The zero-order valence-corrected chi connectivity index (χ0v) is 23.2. The molecule has 9 nitrogen and oxygen atoms in total. The molecule has 2 aromatic rings. The topological polar surface area (TPSA) is 105 Å². The van der Waals surface area contributed by atoms with Gasteiger partial charge in [-0.1, -0.05) is 17.7 Å². The van der Waals surface area contributed by atoms with Gasteiger partial charge in [-0.25, -0.2) is 8.42 Å². The van der Waals surface area contributed by atoms with E-state index in [1.807, 2.05) is 6.92 Å². The number of rotatable bonds is 10. The minimum absolute atomic E-state index is 0. The van der Waals surface area contributed by atoms with Gasteiger partial charge in [0.15, 0.2) is 11.5 Å². The number of benzene rings is 2. The lowest BCUT2D eigenvalue weighted by atomic mass is 10.1. The predicted octanol–water partition coefficient (Wildman–Crippen LogP) is 3.41. The van der Waals surface area contributed by atoms with Crippen molar-refractivity contribution in [3.05, 3.63) is 52.0 Å². The molecule has 1 aliphatic rings. The van der Waals surface area contributed by atoms with Crippen LogP contribution in [-0.2, 0) is 21.2 Å². The van der Waals surface area contributed by atoms with Crippen molar-refractivity contribution in [1.29, 1.82) is 0 Å². The van der Waals surface area contributed by atoms with Crippen molar-refractivity contribution < 1.29 is 27.5 Å². The summed E-state index contributed by atoms with van der Waals surface area (Å²) in [6, 6.07) is 7.49. The van der Waals surface area contributed by atoms with Crippen molar-refractivity contribution in [1.82, 2.24) is 9.80 Å². The number of carbonyl (C=O) groups excluding carboxylic acids is 2. The fraction of sp³-hybridized carbons (Fsp3) is 0.417. The summed E-state index contributed by atoms with van der Waals surface area (Å²) in [6.45, 7) is 2.45. The molecule has 3 rings (SSSR count). The van der Waals surface area contributed by atoms with Gasteiger partial charge in [-0.05, 0) is 50.8 Å². The molecule has 1 aliphatic heterocycles. The minimum Gasteiger partial charge on any atom is -0.493 e. The first-order valence-electron chi connectivity index (χ1n) is 11.0. The Hall–Kier alpha value is -2.53. The fourth-order valence-corrected chi connectivity index (χ4v) is 5.22. The van der Waals surface area contributed by atoms with Gasteiger partial charge in [0.2, 0.25) is 5.91 Å². The minimum atomic E-state index is -3.49. The van der Waals surface area contributed by atoms with E-state index < -0.39 is 21.8 Å². The average Bonchev–Trinajstić information content (AvgIpc) is 3.11.